The average Bonchev–Trinajstić information content (AvgIpc) is 1.87. The fraction of sp³-hybridized carbons (Fsp3) is 1.00. The lowest BCUT2D eigenvalue weighted by molar-refractivity contribution is 0.538. The second kappa shape index (κ2) is 6.19. The predicted octanol–water partition coefficient (Wildman–Crippen LogP) is 3.66. The average molecular weight is 352 g/mol. The molecule has 2 unspecified atom stereocenters. The molecule has 0 spiro atoms. The van der Waals surface area contributed by atoms with Gasteiger partial charge in [-0.25, -0.2) is 0 Å². The van der Waals surface area contributed by atoms with Crippen molar-refractivity contribution in [2.45, 2.75) is 30.6 Å². The van der Waals surface area contributed by atoms with Crippen LogP contribution in [0.25, 0.3) is 0 Å². The molecule has 2 heteroatoms. The van der Waals surface area contributed by atoms with E-state index < -0.39 is 0 Å². The van der Waals surface area contributed by atoms with Crippen LogP contribution in [0.4, 0.5) is 0 Å². The zero-order valence-corrected chi connectivity index (χ0v) is 10.3. The third-order valence-corrected chi connectivity index (χ3v) is 5.81. The summed E-state index contributed by atoms with van der Waals surface area (Å²) in [6.45, 7) is 4.60. The highest BCUT2D eigenvalue weighted by Gasteiger charge is 2.09. The van der Waals surface area contributed by atoms with E-state index in [1.54, 1.807) is 0 Å². The number of alkyl halides is 2. The minimum Gasteiger partial charge on any atom is -0.0852 e. The maximum atomic E-state index is 2.55. The quantitative estimate of drug-likeness (QED) is 0.535. The minimum absolute atomic E-state index is 0.878. The van der Waals surface area contributed by atoms with Crippen molar-refractivity contribution in [3.8, 4) is 0 Å². The van der Waals surface area contributed by atoms with Gasteiger partial charge in [0, 0.05) is 8.35 Å². The highest BCUT2D eigenvalue weighted by molar-refractivity contribution is 14.1. The van der Waals surface area contributed by atoms with Gasteiger partial charge in [0.25, 0.3) is 0 Å². The van der Waals surface area contributed by atoms with Crippen molar-refractivity contribution in [3.05, 3.63) is 0 Å². The fourth-order valence-corrected chi connectivity index (χ4v) is 2.02. The minimum atomic E-state index is 0.878. The predicted molar refractivity (Wildman–Crippen MR) is 60.8 cm³/mol. The van der Waals surface area contributed by atoms with Crippen LogP contribution in [0.5, 0.6) is 0 Å². The monoisotopic (exact) mass is 352 g/mol. The van der Waals surface area contributed by atoms with Crippen LogP contribution in [-0.2, 0) is 0 Å². The van der Waals surface area contributed by atoms with Gasteiger partial charge in [0.05, 0.1) is 0 Å². The molecular formula is C7H14I2. The Morgan fingerprint density at radius 3 is 2.33 bits per heavy atom. The Hall–Kier alpha value is 1.46. The van der Waals surface area contributed by atoms with Crippen molar-refractivity contribution in [1.29, 1.82) is 0 Å². The Morgan fingerprint density at radius 2 is 2.00 bits per heavy atom. The smallest absolute Gasteiger partial charge is 0.0225 e. The van der Waals surface area contributed by atoms with Gasteiger partial charge in [0.1, 0.15) is 0 Å². The number of rotatable bonds is 4. The van der Waals surface area contributed by atoms with Gasteiger partial charge >= 0.3 is 0 Å². The summed E-state index contributed by atoms with van der Waals surface area (Å²) in [5, 5.41) is 0. The van der Waals surface area contributed by atoms with E-state index in [1.165, 1.54) is 17.3 Å². The molecule has 0 aliphatic heterocycles. The molecule has 0 amide bonds. The SMILES string of the molecule is CCCC(C)C(I)CI. The number of hydrogen-bond acceptors (Lipinski definition) is 0. The number of halogens is 2. The summed E-state index contributed by atoms with van der Waals surface area (Å²) < 4.78 is 2.17. The molecule has 9 heavy (non-hydrogen) atoms. The topological polar surface area (TPSA) is 0 Å². The van der Waals surface area contributed by atoms with E-state index in [9.17, 15) is 0 Å². The highest BCUT2D eigenvalue weighted by atomic mass is 127. The molecular weight excluding hydrogens is 338 g/mol. The van der Waals surface area contributed by atoms with Crippen LogP contribution >= 0.6 is 45.2 Å². The Morgan fingerprint density at radius 1 is 1.44 bits per heavy atom. The van der Waals surface area contributed by atoms with E-state index in [4.69, 9.17) is 0 Å². The van der Waals surface area contributed by atoms with Crippen LogP contribution in [0.1, 0.15) is 26.7 Å². The van der Waals surface area contributed by atoms with Crippen molar-refractivity contribution in [2.24, 2.45) is 5.92 Å². The molecule has 0 saturated carbocycles. The molecule has 0 bridgehead atoms. The molecule has 0 rings (SSSR count). The lowest BCUT2D eigenvalue weighted by Gasteiger charge is -2.13. The van der Waals surface area contributed by atoms with E-state index in [2.05, 4.69) is 59.0 Å². The Labute approximate surface area is 85.5 Å². The summed E-state index contributed by atoms with van der Waals surface area (Å²) in [5.74, 6) is 0.910. The maximum absolute atomic E-state index is 2.55. The third-order valence-electron chi connectivity index (χ3n) is 1.51. The summed E-state index contributed by atoms with van der Waals surface area (Å²) in [6, 6.07) is 0. The molecule has 0 heterocycles. The van der Waals surface area contributed by atoms with Crippen molar-refractivity contribution in [2.75, 3.05) is 4.43 Å². The first kappa shape index (κ1) is 10.5. The number of hydrogen-bond donors (Lipinski definition) is 0. The normalized spacial score (nSPS) is 17.3. The molecule has 0 fully saturated rings. The van der Waals surface area contributed by atoms with Gasteiger partial charge in [-0.2, -0.15) is 0 Å². The highest BCUT2D eigenvalue weighted by Crippen LogP contribution is 2.19. The standard InChI is InChI=1S/C7H14I2/c1-3-4-6(2)7(9)5-8/h6-7H,3-5H2,1-2H3. The van der Waals surface area contributed by atoms with E-state index in [-0.39, 0.29) is 0 Å². The molecule has 0 nitrogen and oxygen atoms in total. The van der Waals surface area contributed by atoms with Crippen LogP contribution in [-0.4, -0.2) is 8.35 Å². The summed E-state index contributed by atoms with van der Waals surface area (Å²) in [4.78, 5) is 0. The molecule has 0 N–H and O–H groups in total. The van der Waals surface area contributed by atoms with Gasteiger partial charge in [-0.3, -0.25) is 0 Å². The molecule has 2 atom stereocenters. The van der Waals surface area contributed by atoms with Crippen molar-refractivity contribution >= 4 is 45.2 Å². The molecule has 0 aromatic rings. The van der Waals surface area contributed by atoms with Gasteiger partial charge < -0.3 is 0 Å². The van der Waals surface area contributed by atoms with Crippen molar-refractivity contribution in [1.82, 2.24) is 0 Å². The first-order valence-electron chi connectivity index (χ1n) is 3.42. The summed E-state index contributed by atoms with van der Waals surface area (Å²) in [5.41, 5.74) is 0. The van der Waals surface area contributed by atoms with E-state index in [1.807, 2.05) is 0 Å². The molecule has 0 aromatic carbocycles. The van der Waals surface area contributed by atoms with E-state index in [0.717, 1.165) is 9.84 Å². The Balaban J connectivity index is 3.32. The van der Waals surface area contributed by atoms with Gasteiger partial charge in [-0.1, -0.05) is 65.5 Å². The van der Waals surface area contributed by atoms with Gasteiger partial charge in [0.2, 0.25) is 0 Å². The van der Waals surface area contributed by atoms with Gasteiger partial charge in [-0.05, 0) is 12.3 Å². The molecule has 0 aromatic heterocycles. The fourth-order valence-electron chi connectivity index (χ4n) is 0.788. The summed E-state index contributed by atoms with van der Waals surface area (Å²) in [7, 11) is 0. The molecule has 0 aliphatic carbocycles. The first-order valence-corrected chi connectivity index (χ1v) is 6.19. The second-order valence-electron chi connectivity index (χ2n) is 2.44. The van der Waals surface area contributed by atoms with Crippen molar-refractivity contribution < 1.29 is 0 Å². The van der Waals surface area contributed by atoms with E-state index in [0.29, 0.717) is 0 Å². The van der Waals surface area contributed by atoms with Crippen LogP contribution in [0.3, 0.4) is 0 Å². The van der Waals surface area contributed by atoms with E-state index >= 15 is 0 Å². The molecule has 56 valence electrons. The third kappa shape index (κ3) is 4.81. The zero-order valence-electron chi connectivity index (χ0n) is 6.03. The van der Waals surface area contributed by atoms with Crippen molar-refractivity contribution in [3.63, 3.8) is 0 Å². The Bertz CT molecular complexity index is 63.9. The molecule has 0 saturated heterocycles. The lowest BCUT2D eigenvalue weighted by Crippen LogP contribution is -2.11. The van der Waals surface area contributed by atoms with Crippen LogP contribution < -0.4 is 0 Å². The Kier molecular flexibility index (Phi) is 7.19. The first-order chi connectivity index (χ1) is 4.22. The largest absolute Gasteiger partial charge is 0.0852 e. The maximum Gasteiger partial charge on any atom is 0.0225 e. The van der Waals surface area contributed by atoms with Crippen LogP contribution in [0.2, 0.25) is 0 Å². The lowest BCUT2D eigenvalue weighted by atomic mass is 10.0. The summed E-state index contributed by atoms with van der Waals surface area (Å²) >= 11 is 5.01. The second-order valence-corrected chi connectivity index (χ2v) is 4.92. The van der Waals surface area contributed by atoms with Gasteiger partial charge in [0.15, 0.2) is 0 Å². The zero-order chi connectivity index (χ0) is 7.28. The molecule has 0 radical (unpaired) electrons. The van der Waals surface area contributed by atoms with Crippen LogP contribution in [0.15, 0.2) is 0 Å². The summed E-state index contributed by atoms with van der Waals surface area (Å²) in [6.07, 6.45) is 2.72. The molecule has 0 aliphatic rings. The van der Waals surface area contributed by atoms with Crippen LogP contribution in [0, 0.1) is 5.92 Å². The van der Waals surface area contributed by atoms with Gasteiger partial charge in [-0.15, -0.1) is 0 Å².